The normalized spacial score (nSPS) is 32.1. The molecule has 0 aromatic rings. The van der Waals surface area contributed by atoms with E-state index in [9.17, 15) is 0 Å². The number of rotatable bonds is 1. The summed E-state index contributed by atoms with van der Waals surface area (Å²) in [6.45, 7) is 2.28. The van der Waals surface area contributed by atoms with Crippen LogP contribution in [-0.2, 0) is 0 Å². The smallest absolute Gasteiger partial charge is 0.0647 e. The van der Waals surface area contributed by atoms with Crippen LogP contribution in [0.2, 0.25) is 0 Å². The Morgan fingerprint density at radius 3 is 2.90 bits per heavy atom. The quantitative estimate of drug-likeness (QED) is 0.645. The van der Waals surface area contributed by atoms with Crippen LogP contribution in [0, 0.1) is 5.92 Å². The number of allylic oxidation sites excluding steroid dienone is 3. The molecule has 10 heavy (non-hydrogen) atoms. The maximum Gasteiger partial charge on any atom is 0.0647 e. The summed E-state index contributed by atoms with van der Waals surface area (Å²) in [6.07, 6.45) is 6.04. The molecular formula is C8H11BrO. The second-order valence-corrected chi connectivity index (χ2v) is 3.58. The van der Waals surface area contributed by atoms with Gasteiger partial charge in [-0.3, -0.25) is 0 Å². The van der Waals surface area contributed by atoms with E-state index in [1.165, 1.54) is 0 Å². The van der Waals surface area contributed by atoms with Crippen LogP contribution in [0.4, 0.5) is 0 Å². The lowest BCUT2D eigenvalue weighted by atomic mass is 9.94. The van der Waals surface area contributed by atoms with Crippen molar-refractivity contribution in [3.05, 3.63) is 23.8 Å². The van der Waals surface area contributed by atoms with E-state index in [-0.39, 0.29) is 6.61 Å². The fourth-order valence-corrected chi connectivity index (χ4v) is 1.52. The van der Waals surface area contributed by atoms with Gasteiger partial charge in [0.25, 0.3) is 0 Å². The van der Waals surface area contributed by atoms with Gasteiger partial charge in [0.1, 0.15) is 0 Å². The lowest BCUT2D eigenvalue weighted by Gasteiger charge is -2.20. The molecule has 56 valence electrons. The molecule has 2 unspecified atom stereocenters. The lowest BCUT2D eigenvalue weighted by Crippen LogP contribution is -2.15. The van der Waals surface area contributed by atoms with Gasteiger partial charge in [-0.15, -0.1) is 0 Å². The molecule has 0 heterocycles. The van der Waals surface area contributed by atoms with Crippen LogP contribution in [-0.4, -0.2) is 16.5 Å². The summed E-state index contributed by atoms with van der Waals surface area (Å²) in [6, 6.07) is 0. The van der Waals surface area contributed by atoms with Crippen LogP contribution in [0.1, 0.15) is 6.92 Å². The molecule has 0 aromatic heterocycles. The standard InChI is InChI=1S/C8H11BrO/c1-6-7(5-10)3-2-4-8(6)9/h2-4,6,8,10H,5H2,1H3. The summed E-state index contributed by atoms with van der Waals surface area (Å²) < 4.78 is 0. The topological polar surface area (TPSA) is 20.2 Å². The number of alkyl halides is 1. The molecule has 1 aliphatic rings. The minimum atomic E-state index is 0.174. The van der Waals surface area contributed by atoms with Crippen molar-refractivity contribution in [3.8, 4) is 0 Å². The van der Waals surface area contributed by atoms with Crippen molar-refractivity contribution in [2.45, 2.75) is 11.8 Å². The molecule has 0 aromatic carbocycles. The molecule has 2 heteroatoms. The SMILES string of the molecule is CC1C(CO)=CC=CC1Br. The number of aliphatic hydroxyl groups is 1. The van der Waals surface area contributed by atoms with Crippen LogP contribution in [0.15, 0.2) is 23.8 Å². The first-order valence-corrected chi connectivity index (χ1v) is 4.29. The van der Waals surface area contributed by atoms with Crippen molar-refractivity contribution >= 4 is 15.9 Å². The molecule has 0 spiro atoms. The Morgan fingerprint density at radius 1 is 1.70 bits per heavy atom. The highest BCUT2D eigenvalue weighted by Crippen LogP contribution is 2.25. The zero-order valence-corrected chi connectivity index (χ0v) is 7.51. The molecule has 1 rings (SSSR count). The third-order valence-corrected chi connectivity index (χ3v) is 2.95. The average molecular weight is 203 g/mol. The predicted octanol–water partition coefficient (Wildman–Crippen LogP) is 1.87. The molecule has 0 bridgehead atoms. The van der Waals surface area contributed by atoms with Crippen molar-refractivity contribution in [1.29, 1.82) is 0 Å². The molecule has 0 amide bonds. The second kappa shape index (κ2) is 3.35. The lowest BCUT2D eigenvalue weighted by molar-refractivity contribution is 0.316. The molecule has 0 aliphatic heterocycles. The minimum Gasteiger partial charge on any atom is -0.392 e. The number of halogens is 1. The molecule has 0 saturated carbocycles. The van der Waals surface area contributed by atoms with E-state index in [1.54, 1.807) is 0 Å². The van der Waals surface area contributed by atoms with Crippen LogP contribution >= 0.6 is 15.9 Å². The molecule has 0 radical (unpaired) electrons. The fourth-order valence-electron chi connectivity index (χ4n) is 1.00. The average Bonchev–Trinajstić information content (AvgIpc) is 1.95. The van der Waals surface area contributed by atoms with Gasteiger partial charge >= 0.3 is 0 Å². The highest BCUT2D eigenvalue weighted by molar-refractivity contribution is 9.09. The Balaban J connectivity index is 2.71. The van der Waals surface area contributed by atoms with Gasteiger partial charge in [-0.1, -0.05) is 41.1 Å². The van der Waals surface area contributed by atoms with Gasteiger partial charge in [-0.25, -0.2) is 0 Å². The maximum absolute atomic E-state index is 8.86. The molecular weight excluding hydrogens is 192 g/mol. The van der Waals surface area contributed by atoms with Gasteiger partial charge in [-0.05, 0) is 11.5 Å². The van der Waals surface area contributed by atoms with Gasteiger partial charge in [0.2, 0.25) is 0 Å². The highest BCUT2D eigenvalue weighted by Gasteiger charge is 2.16. The van der Waals surface area contributed by atoms with E-state index >= 15 is 0 Å². The molecule has 0 saturated heterocycles. The van der Waals surface area contributed by atoms with Crippen molar-refractivity contribution in [2.24, 2.45) is 5.92 Å². The largest absolute Gasteiger partial charge is 0.392 e. The van der Waals surface area contributed by atoms with E-state index < -0.39 is 0 Å². The van der Waals surface area contributed by atoms with Gasteiger partial charge in [-0.2, -0.15) is 0 Å². The van der Waals surface area contributed by atoms with E-state index in [2.05, 4.69) is 28.9 Å². The summed E-state index contributed by atoms with van der Waals surface area (Å²) in [7, 11) is 0. The number of aliphatic hydroxyl groups excluding tert-OH is 1. The Morgan fingerprint density at radius 2 is 2.40 bits per heavy atom. The zero-order chi connectivity index (χ0) is 7.56. The van der Waals surface area contributed by atoms with Crippen LogP contribution in [0.25, 0.3) is 0 Å². The van der Waals surface area contributed by atoms with E-state index in [4.69, 9.17) is 5.11 Å². The first kappa shape index (κ1) is 8.02. The van der Waals surface area contributed by atoms with E-state index in [0.717, 1.165) is 5.57 Å². The third kappa shape index (κ3) is 1.50. The number of hydrogen-bond acceptors (Lipinski definition) is 1. The van der Waals surface area contributed by atoms with E-state index in [1.807, 2.05) is 12.2 Å². The van der Waals surface area contributed by atoms with Crippen molar-refractivity contribution < 1.29 is 5.11 Å². The first-order chi connectivity index (χ1) is 4.75. The first-order valence-electron chi connectivity index (χ1n) is 3.38. The Hall–Kier alpha value is -0.0800. The summed E-state index contributed by atoms with van der Waals surface area (Å²) in [5.41, 5.74) is 1.10. The molecule has 2 atom stereocenters. The van der Waals surface area contributed by atoms with Gasteiger partial charge in [0.15, 0.2) is 0 Å². The van der Waals surface area contributed by atoms with Crippen LogP contribution in [0.5, 0.6) is 0 Å². The Kier molecular flexibility index (Phi) is 2.69. The Labute approximate surface area is 69.6 Å². The molecule has 1 aliphatic carbocycles. The molecule has 0 fully saturated rings. The summed E-state index contributed by atoms with van der Waals surface area (Å²) >= 11 is 3.50. The van der Waals surface area contributed by atoms with Crippen LogP contribution < -0.4 is 0 Å². The van der Waals surface area contributed by atoms with Crippen molar-refractivity contribution in [1.82, 2.24) is 0 Å². The summed E-state index contributed by atoms with van der Waals surface area (Å²) in [5, 5.41) is 8.86. The van der Waals surface area contributed by atoms with Gasteiger partial charge in [0.05, 0.1) is 6.61 Å². The summed E-state index contributed by atoms with van der Waals surface area (Å²) in [5.74, 6) is 0.426. The third-order valence-electron chi connectivity index (χ3n) is 1.85. The highest BCUT2D eigenvalue weighted by atomic mass is 79.9. The Bertz CT molecular complexity index is 172. The number of hydrogen-bond donors (Lipinski definition) is 1. The molecule has 1 nitrogen and oxygen atoms in total. The second-order valence-electron chi connectivity index (χ2n) is 2.52. The molecule has 1 N–H and O–H groups in total. The van der Waals surface area contributed by atoms with Crippen molar-refractivity contribution in [3.63, 3.8) is 0 Å². The van der Waals surface area contributed by atoms with Gasteiger partial charge < -0.3 is 5.11 Å². The maximum atomic E-state index is 8.86. The van der Waals surface area contributed by atoms with Crippen molar-refractivity contribution in [2.75, 3.05) is 6.61 Å². The van der Waals surface area contributed by atoms with Crippen LogP contribution in [0.3, 0.4) is 0 Å². The minimum absolute atomic E-state index is 0.174. The van der Waals surface area contributed by atoms with E-state index in [0.29, 0.717) is 10.7 Å². The fraction of sp³-hybridized carbons (Fsp3) is 0.500. The predicted molar refractivity (Wildman–Crippen MR) is 46.2 cm³/mol. The monoisotopic (exact) mass is 202 g/mol. The summed E-state index contributed by atoms with van der Waals surface area (Å²) in [4.78, 5) is 0.389. The van der Waals surface area contributed by atoms with Gasteiger partial charge in [0, 0.05) is 4.83 Å². The zero-order valence-electron chi connectivity index (χ0n) is 5.92.